The number of hydrogen-bond donors (Lipinski definition) is 1. The van der Waals surface area contributed by atoms with Crippen molar-refractivity contribution in [2.24, 2.45) is 5.10 Å². The number of rotatable bonds is 4. The maximum absolute atomic E-state index is 12.1. The molecule has 2 aromatic carbocycles. The molecule has 0 aliphatic rings. The number of benzene rings is 2. The first kappa shape index (κ1) is 15.9. The molecular weight excluding hydrogens is 300 g/mol. The molecule has 1 amide bonds. The Morgan fingerprint density at radius 1 is 1.17 bits per heavy atom. The number of nitrogens with one attached hydrogen (secondary N) is 1. The van der Waals surface area contributed by atoms with Crippen LogP contribution in [-0.2, 0) is 11.3 Å². The number of nitrogens with zero attached hydrogens (tertiary/aromatic N) is 3. The fraction of sp³-hybridized carbons (Fsp3) is 0.211. The highest BCUT2D eigenvalue weighted by molar-refractivity contribution is 5.99. The number of imidazole rings is 1. The summed E-state index contributed by atoms with van der Waals surface area (Å²) in [5.74, 6) is -0.179. The average Bonchev–Trinajstić information content (AvgIpc) is 2.98. The quantitative estimate of drug-likeness (QED) is 0.593. The van der Waals surface area contributed by atoms with E-state index in [2.05, 4.69) is 41.5 Å². The van der Waals surface area contributed by atoms with Crippen LogP contribution < -0.4 is 5.43 Å². The molecule has 0 aliphatic carbocycles. The van der Waals surface area contributed by atoms with E-state index in [1.165, 1.54) is 11.1 Å². The molecule has 1 aromatic heterocycles. The van der Waals surface area contributed by atoms with Gasteiger partial charge in [-0.25, -0.2) is 10.4 Å². The number of hydrogen-bond acceptors (Lipinski definition) is 3. The maximum atomic E-state index is 12.1. The van der Waals surface area contributed by atoms with Crippen LogP contribution in [0, 0.1) is 13.8 Å². The molecule has 1 heterocycles. The van der Waals surface area contributed by atoms with E-state index in [0.29, 0.717) is 0 Å². The van der Waals surface area contributed by atoms with Gasteiger partial charge in [0.25, 0.3) is 5.91 Å². The van der Waals surface area contributed by atoms with Crippen LogP contribution in [0.3, 0.4) is 0 Å². The highest BCUT2D eigenvalue weighted by Crippen LogP contribution is 2.12. The third-order valence-corrected chi connectivity index (χ3v) is 4.11. The second-order valence-corrected chi connectivity index (χ2v) is 5.89. The lowest BCUT2D eigenvalue weighted by atomic mass is 10.0. The molecular formula is C19H20N4O. The normalized spacial score (nSPS) is 11.7. The maximum Gasteiger partial charge on any atom is 0.260 e. The van der Waals surface area contributed by atoms with E-state index in [1.54, 1.807) is 6.33 Å². The monoisotopic (exact) mass is 320 g/mol. The van der Waals surface area contributed by atoms with Gasteiger partial charge in [-0.05, 0) is 55.7 Å². The molecule has 0 unspecified atom stereocenters. The molecule has 1 N–H and O–H groups in total. The Balaban J connectivity index is 1.69. The Bertz CT molecular complexity index is 924. The number of para-hydroxylation sites is 2. The van der Waals surface area contributed by atoms with Crippen molar-refractivity contribution in [2.75, 3.05) is 0 Å². The molecule has 0 spiro atoms. The van der Waals surface area contributed by atoms with Gasteiger partial charge in [0.2, 0.25) is 0 Å². The third-order valence-electron chi connectivity index (χ3n) is 4.11. The number of aryl methyl sites for hydroxylation is 2. The van der Waals surface area contributed by atoms with Crippen molar-refractivity contribution in [1.82, 2.24) is 15.0 Å². The SMILES string of the molecule is C/C(=N\NC(=O)Cn1cnc2ccccc21)c1ccc(C)c(C)c1. The van der Waals surface area contributed by atoms with E-state index >= 15 is 0 Å². The van der Waals surface area contributed by atoms with E-state index in [9.17, 15) is 4.79 Å². The first-order valence-corrected chi connectivity index (χ1v) is 7.85. The van der Waals surface area contributed by atoms with Crippen molar-refractivity contribution in [3.8, 4) is 0 Å². The van der Waals surface area contributed by atoms with Crippen molar-refractivity contribution in [2.45, 2.75) is 27.3 Å². The summed E-state index contributed by atoms with van der Waals surface area (Å²) in [5, 5.41) is 4.21. The van der Waals surface area contributed by atoms with Gasteiger partial charge >= 0.3 is 0 Å². The fourth-order valence-electron chi connectivity index (χ4n) is 2.50. The molecule has 3 aromatic rings. The molecule has 0 fully saturated rings. The molecule has 3 rings (SSSR count). The molecule has 24 heavy (non-hydrogen) atoms. The topological polar surface area (TPSA) is 59.3 Å². The molecule has 0 saturated carbocycles. The number of fused-ring (bicyclic) bond motifs is 1. The average molecular weight is 320 g/mol. The summed E-state index contributed by atoms with van der Waals surface area (Å²) >= 11 is 0. The van der Waals surface area contributed by atoms with E-state index < -0.39 is 0 Å². The van der Waals surface area contributed by atoms with Crippen molar-refractivity contribution in [3.05, 3.63) is 65.5 Å². The Morgan fingerprint density at radius 2 is 1.96 bits per heavy atom. The molecule has 0 bridgehead atoms. The van der Waals surface area contributed by atoms with Gasteiger partial charge in [-0.2, -0.15) is 5.10 Å². The standard InChI is InChI=1S/C19H20N4O/c1-13-8-9-16(10-14(13)2)15(3)21-22-19(24)11-23-12-20-17-6-4-5-7-18(17)23/h4-10,12H,11H2,1-3H3,(H,22,24)/b21-15+. The molecule has 0 saturated heterocycles. The zero-order valence-corrected chi connectivity index (χ0v) is 14.1. The lowest BCUT2D eigenvalue weighted by Gasteiger charge is -2.06. The van der Waals surface area contributed by atoms with Crippen molar-refractivity contribution in [3.63, 3.8) is 0 Å². The molecule has 0 atom stereocenters. The smallest absolute Gasteiger partial charge is 0.260 e. The van der Waals surface area contributed by atoms with Crippen molar-refractivity contribution in [1.29, 1.82) is 0 Å². The van der Waals surface area contributed by atoms with Crippen molar-refractivity contribution < 1.29 is 4.79 Å². The van der Waals surface area contributed by atoms with Crippen molar-refractivity contribution >= 4 is 22.7 Å². The minimum absolute atomic E-state index is 0.179. The van der Waals surface area contributed by atoms with E-state index in [4.69, 9.17) is 0 Å². The van der Waals surface area contributed by atoms with Crippen LogP contribution in [0.5, 0.6) is 0 Å². The van der Waals surface area contributed by atoms with Gasteiger partial charge in [-0.3, -0.25) is 4.79 Å². The number of carbonyl (C=O) groups is 1. The van der Waals surface area contributed by atoms with Gasteiger partial charge < -0.3 is 4.57 Å². The molecule has 5 nitrogen and oxygen atoms in total. The summed E-state index contributed by atoms with van der Waals surface area (Å²) in [7, 11) is 0. The van der Waals surface area contributed by atoms with E-state index in [1.807, 2.05) is 41.8 Å². The molecule has 5 heteroatoms. The summed E-state index contributed by atoms with van der Waals surface area (Å²) in [5.41, 5.74) is 8.66. The zero-order valence-electron chi connectivity index (χ0n) is 14.1. The minimum Gasteiger partial charge on any atom is -0.321 e. The Hall–Kier alpha value is -2.95. The summed E-state index contributed by atoms with van der Waals surface area (Å²) in [4.78, 5) is 16.4. The highest BCUT2D eigenvalue weighted by Gasteiger charge is 2.07. The second-order valence-electron chi connectivity index (χ2n) is 5.89. The van der Waals surface area contributed by atoms with Crippen LogP contribution in [0.25, 0.3) is 11.0 Å². The summed E-state index contributed by atoms with van der Waals surface area (Å²) in [6.07, 6.45) is 1.67. The Morgan fingerprint density at radius 3 is 2.75 bits per heavy atom. The van der Waals surface area contributed by atoms with Crippen LogP contribution in [-0.4, -0.2) is 21.2 Å². The van der Waals surface area contributed by atoms with E-state index in [-0.39, 0.29) is 12.5 Å². The van der Waals surface area contributed by atoms with Crippen LogP contribution in [0.4, 0.5) is 0 Å². The minimum atomic E-state index is -0.179. The van der Waals surface area contributed by atoms with Crippen LogP contribution in [0.1, 0.15) is 23.6 Å². The molecule has 122 valence electrons. The predicted molar refractivity (Wildman–Crippen MR) is 96.0 cm³/mol. The molecule has 0 aliphatic heterocycles. The second kappa shape index (κ2) is 6.66. The van der Waals surface area contributed by atoms with Crippen LogP contribution in [0.15, 0.2) is 53.9 Å². The Labute approximate surface area is 141 Å². The zero-order chi connectivity index (χ0) is 17.1. The lowest BCUT2D eigenvalue weighted by molar-refractivity contribution is -0.121. The van der Waals surface area contributed by atoms with Gasteiger partial charge in [0.1, 0.15) is 6.54 Å². The van der Waals surface area contributed by atoms with Gasteiger partial charge in [0.05, 0.1) is 23.1 Å². The first-order chi connectivity index (χ1) is 11.5. The number of carbonyl (C=O) groups excluding carboxylic acids is 1. The van der Waals surface area contributed by atoms with Gasteiger partial charge in [-0.1, -0.05) is 24.3 Å². The summed E-state index contributed by atoms with van der Waals surface area (Å²) in [6.45, 7) is 6.21. The predicted octanol–water partition coefficient (Wildman–Crippen LogP) is 3.19. The van der Waals surface area contributed by atoms with Gasteiger partial charge in [-0.15, -0.1) is 0 Å². The molecule has 0 radical (unpaired) electrons. The highest BCUT2D eigenvalue weighted by atomic mass is 16.2. The van der Waals surface area contributed by atoms with Gasteiger partial charge in [0, 0.05) is 0 Å². The third kappa shape index (κ3) is 3.35. The first-order valence-electron chi connectivity index (χ1n) is 7.85. The van der Waals surface area contributed by atoms with E-state index in [0.717, 1.165) is 22.3 Å². The lowest BCUT2D eigenvalue weighted by Crippen LogP contribution is -2.24. The largest absolute Gasteiger partial charge is 0.321 e. The number of hydrazone groups is 1. The number of amides is 1. The van der Waals surface area contributed by atoms with Crippen LogP contribution in [0.2, 0.25) is 0 Å². The summed E-state index contributed by atoms with van der Waals surface area (Å²) in [6, 6.07) is 13.9. The van der Waals surface area contributed by atoms with Gasteiger partial charge in [0.15, 0.2) is 0 Å². The summed E-state index contributed by atoms with van der Waals surface area (Å²) < 4.78 is 1.81. The Kier molecular flexibility index (Phi) is 4.42. The fourth-order valence-corrected chi connectivity index (χ4v) is 2.50. The number of aromatic nitrogens is 2. The van der Waals surface area contributed by atoms with Crippen LogP contribution >= 0.6 is 0 Å².